The summed E-state index contributed by atoms with van der Waals surface area (Å²) in [6, 6.07) is 6.25. The third kappa shape index (κ3) is 3.57. The van der Waals surface area contributed by atoms with Crippen molar-refractivity contribution in [3.63, 3.8) is 0 Å². The van der Waals surface area contributed by atoms with Gasteiger partial charge in [0.25, 0.3) is 0 Å². The molecular formula is C15H11ClFNO5. The van der Waals surface area contributed by atoms with Crippen molar-refractivity contribution in [3.05, 3.63) is 56.8 Å². The first-order chi connectivity index (χ1) is 10.8. The second kappa shape index (κ2) is 6.62. The van der Waals surface area contributed by atoms with Crippen molar-refractivity contribution in [2.24, 2.45) is 0 Å². The van der Waals surface area contributed by atoms with E-state index in [9.17, 15) is 19.3 Å². The summed E-state index contributed by atoms with van der Waals surface area (Å²) in [7, 11) is 1.29. The highest BCUT2D eigenvalue weighted by molar-refractivity contribution is 6.32. The number of nitro benzene ring substituents is 1. The largest absolute Gasteiger partial charge is 0.497 e. The first-order valence-electron chi connectivity index (χ1n) is 6.33. The number of benzene rings is 2. The molecule has 6 nitrogen and oxygen atoms in total. The van der Waals surface area contributed by atoms with Crippen molar-refractivity contribution in [1.82, 2.24) is 0 Å². The van der Waals surface area contributed by atoms with Gasteiger partial charge in [-0.25, -0.2) is 0 Å². The Labute approximate surface area is 135 Å². The van der Waals surface area contributed by atoms with Crippen LogP contribution < -0.4 is 9.47 Å². The number of nitro groups is 1. The number of methoxy groups -OCH3 is 1. The van der Waals surface area contributed by atoms with Crippen LogP contribution in [0.4, 0.5) is 10.1 Å². The summed E-state index contributed by atoms with van der Waals surface area (Å²) in [5.41, 5.74) is -0.480. The minimum atomic E-state index is -1.10. The monoisotopic (exact) mass is 339 g/mol. The van der Waals surface area contributed by atoms with Crippen LogP contribution in [0.3, 0.4) is 0 Å². The van der Waals surface area contributed by atoms with E-state index in [1.807, 2.05) is 0 Å². The van der Waals surface area contributed by atoms with Crippen LogP contribution in [0.1, 0.15) is 17.3 Å². The average Bonchev–Trinajstić information content (AvgIpc) is 2.48. The predicted octanol–water partition coefficient (Wildman–Crippen LogP) is 4.39. The minimum absolute atomic E-state index is 0.0485. The second-order valence-electron chi connectivity index (χ2n) is 4.52. The van der Waals surface area contributed by atoms with Crippen molar-refractivity contribution >= 4 is 23.1 Å². The fourth-order valence-corrected chi connectivity index (χ4v) is 2.06. The van der Waals surface area contributed by atoms with Crippen molar-refractivity contribution in [3.8, 4) is 17.2 Å². The van der Waals surface area contributed by atoms with Gasteiger partial charge >= 0.3 is 5.69 Å². The normalized spacial score (nSPS) is 10.3. The number of hydrogen-bond acceptors (Lipinski definition) is 5. The van der Waals surface area contributed by atoms with Gasteiger partial charge in [0.1, 0.15) is 11.5 Å². The van der Waals surface area contributed by atoms with E-state index >= 15 is 0 Å². The van der Waals surface area contributed by atoms with E-state index in [0.717, 1.165) is 6.07 Å². The van der Waals surface area contributed by atoms with E-state index in [-0.39, 0.29) is 28.1 Å². The summed E-state index contributed by atoms with van der Waals surface area (Å²) in [4.78, 5) is 21.4. The van der Waals surface area contributed by atoms with Crippen molar-refractivity contribution in [2.45, 2.75) is 6.92 Å². The SMILES string of the molecule is COc1cc(F)c([N+](=O)[O-])c(Oc2ccc(C(C)=O)cc2Cl)c1. The molecular weight excluding hydrogens is 329 g/mol. The van der Waals surface area contributed by atoms with Crippen molar-refractivity contribution in [2.75, 3.05) is 7.11 Å². The van der Waals surface area contributed by atoms with Gasteiger partial charge in [-0.15, -0.1) is 0 Å². The number of hydrogen-bond donors (Lipinski definition) is 0. The molecule has 23 heavy (non-hydrogen) atoms. The number of Topliss-reactive ketones (excluding diaryl/α,β-unsaturated/α-hetero) is 1. The van der Waals surface area contributed by atoms with Crippen LogP contribution >= 0.6 is 11.6 Å². The molecule has 2 aromatic rings. The minimum Gasteiger partial charge on any atom is -0.497 e. The van der Waals surface area contributed by atoms with Crippen LogP contribution in [0.5, 0.6) is 17.2 Å². The maximum atomic E-state index is 13.8. The standard InChI is InChI=1S/C15H11ClFNO5/c1-8(19)9-3-4-13(11(16)5-9)23-14-7-10(22-2)6-12(17)15(14)18(20)21/h3-7H,1-2H3. The maximum Gasteiger partial charge on any atom is 0.347 e. The Bertz CT molecular complexity index is 794. The summed E-state index contributed by atoms with van der Waals surface area (Å²) in [6.07, 6.45) is 0. The van der Waals surface area contributed by atoms with Crippen LogP contribution in [0.25, 0.3) is 0 Å². The number of ketones is 1. The Morgan fingerprint density at radius 2 is 1.96 bits per heavy atom. The molecule has 0 fully saturated rings. The highest BCUT2D eigenvalue weighted by Gasteiger charge is 2.25. The topological polar surface area (TPSA) is 78.7 Å². The molecule has 0 aliphatic rings. The molecule has 0 spiro atoms. The smallest absolute Gasteiger partial charge is 0.347 e. The molecule has 0 aliphatic heterocycles. The molecule has 2 aromatic carbocycles. The highest BCUT2D eigenvalue weighted by atomic mass is 35.5. The zero-order valence-electron chi connectivity index (χ0n) is 12.1. The molecule has 0 radical (unpaired) electrons. The molecule has 8 heteroatoms. The van der Waals surface area contributed by atoms with Gasteiger partial charge in [0.2, 0.25) is 11.6 Å². The Morgan fingerprint density at radius 3 is 2.48 bits per heavy atom. The third-order valence-corrected chi connectivity index (χ3v) is 3.27. The van der Waals surface area contributed by atoms with Crippen LogP contribution in [-0.4, -0.2) is 17.8 Å². The summed E-state index contributed by atoms with van der Waals surface area (Å²) >= 11 is 6.00. The lowest BCUT2D eigenvalue weighted by molar-refractivity contribution is -0.388. The van der Waals surface area contributed by atoms with Gasteiger partial charge in [0.05, 0.1) is 17.1 Å². The van der Waals surface area contributed by atoms with Gasteiger partial charge < -0.3 is 9.47 Å². The number of rotatable bonds is 5. The molecule has 0 saturated heterocycles. The molecule has 0 saturated carbocycles. The van der Waals surface area contributed by atoms with E-state index in [4.69, 9.17) is 21.1 Å². The Morgan fingerprint density at radius 1 is 1.26 bits per heavy atom. The van der Waals surface area contributed by atoms with Crippen LogP contribution in [-0.2, 0) is 0 Å². The second-order valence-corrected chi connectivity index (χ2v) is 4.92. The molecule has 120 valence electrons. The molecule has 0 atom stereocenters. The zero-order chi connectivity index (χ0) is 17.1. The number of nitrogens with zero attached hydrogens (tertiary/aromatic N) is 1. The van der Waals surface area contributed by atoms with Gasteiger partial charge in [-0.1, -0.05) is 11.6 Å². The molecule has 0 bridgehead atoms. The van der Waals surface area contributed by atoms with E-state index in [0.29, 0.717) is 5.56 Å². The van der Waals surface area contributed by atoms with Gasteiger partial charge in [-0.2, -0.15) is 4.39 Å². The Balaban J connectivity index is 2.49. The van der Waals surface area contributed by atoms with Crippen LogP contribution in [0.15, 0.2) is 30.3 Å². The first-order valence-corrected chi connectivity index (χ1v) is 6.71. The summed E-state index contributed by atoms with van der Waals surface area (Å²) in [6.45, 7) is 1.37. The van der Waals surface area contributed by atoms with E-state index in [1.165, 1.54) is 38.3 Å². The average molecular weight is 340 g/mol. The lowest BCUT2D eigenvalue weighted by Crippen LogP contribution is -1.99. The first kappa shape index (κ1) is 16.7. The van der Waals surface area contributed by atoms with E-state index in [1.54, 1.807) is 0 Å². The van der Waals surface area contributed by atoms with E-state index in [2.05, 4.69) is 0 Å². The van der Waals surface area contributed by atoms with Gasteiger partial charge in [-0.3, -0.25) is 14.9 Å². The Hall–Kier alpha value is -2.67. The fraction of sp³-hybridized carbons (Fsp3) is 0.133. The molecule has 0 N–H and O–H groups in total. The quantitative estimate of drug-likeness (QED) is 0.458. The van der Waals surface area contributed by atoms with E-state index < -0.39 is 16.4 Å². The van der Waals surface area contributed by atoms with Crippen molar-refractivity contribution < 1.29 is 23.6 Å². The fourth-order valence-electron chi connectivity index (χ4n) is 1.84. The number of ether oxygens (including phenoxy) is 2. The molecule has 0 aromatic heterocycles. The van der Waals surface area contributed by atoms with Gasteiger partial charge in [0, 0.05) is 17.7 Å². The molecule has 0 aliphatic carbocycles. The molecule has 0 amide bonds. The van der Waals surface area contributed by atoms with Crippen LogP contribution in [0.2, 0.25) is 5.02 Å². The molecule has 0 unspecified atom stereocenters. The van der Waals surface area contributed by atoms with Crippen molar-refractivity contribution in [1.29, 1.82) is 0 Å². The van der Waals surface area contributed by atoms with Crippen LogP contribution in [0, 0.1) is 15.9 Å². The van der Waals surface area contributed by atoms with Gasteiger partial charge in [-0.05, 0) is 25.1 Å². The highest BCUT2D eigenvalue weighted by Crippen LogP contribution is 2.39. The summed E-state index contributed by atoms with van der Waals surface area (Å²) < 4.78 is 24.1. The maximum absolute atomic E-state index is 13.8. The van der Waals surface area contributed by atoms with Gasteiger partial charge in [0.15, 0.2) is 5.78 Å². The lowest BCUT2D eigenvalue weighted by atomic mass is 10.1. The third-order valence-electron chi connectivity index (χ3n) is 2.98. The zero-order valence-corrected chi connectivity index (χ0v) is 12.9. The predicted molar refractivity (Wildman–Crippen MR) is 81.1 cm³/mol. The lowest BCUT2D eigenvalue weighted by Gasteiger charge is -2.10. The number of carbonyl (C=O) groups excluding carboxylic acids is 1. The molecule has 2 rings (SSSR count). The Kier molecular flexibility index (Phi) is 4.80. The number of halogens is 2. The summed E-state index contributed by atoms with van der Waals surface area (Å²) in [5, 5.41) is 11.1. The summed E-state index contributed by atoms with van der Waals surface area (Å²) in [5.74, 6) is -1.55. The number of carbonyl (C=O) groups is 1. The molecule has 0 heterocycles.